The summed E-state index contributed by atoms with van der Waals surface area (Å²) in [6.45, 7) is 5.86. The Balaban J connectivity index is 2.15. The summed E-state index contributed by atoms with van der Waals surface area (Å²) < 4.78 is 53.1. The van der Waals surface area contributed by atoms with Crippen LogP contribution in [0.5, 0.6) is 0 Å². The Kier molecular flexibility index (Phi) is 5.82. The van der Waals surface area contributed by atoms with Gasteiger partial charge in [-0.3, -0.25) is 4.79 Å². The monoisotopic (exact) mass is 353 g/mol. The molecule has 2 nitrogen and oxygen atoms in total. The van der Waals surface area contributed by atoms with Gasteiger partial charge in [0.05, 0.1) is 11.6 Å². The Hall–Kier alpha value is -2.37. The van der Waals surface area contributed by atoms with Crippen molar-refractivity contribution >= 4 is 5.91 Å². The molecular weight excluding hydrogens is 334 g/mol. The van der Waals surface area contributed by atoms with Gasteiger partial charge in [0, 0.05) is 0 Å². The second-order valence-corrected chi connectivity index (χ2v) is 6.38. The second kappa shape index (κ2) is 7.68. The zero-order valence-electron chi connectivity index (χ0n) is 14.2. The molecule has 0 saturated carbocycles. The van der Waals surface area contributed by atoms with Crippen molar-refractivity contribution in [3.8, 4) is 0 Å². The first kappa shape index (κ1) is 19.0. The molecule has 6 heteroatoms. The summed E-state index contributed by atoms with van der Waals surface area (Å²) in [6.07, 6.45) is 0.917. The van der Waals surface area contributed by atoms with E-state index in [2.05, 4.69) is 19.2 Å². The lowest BCUT2D eigenvalue weighted by Crippen LogP contribution is -2.28. The van der Waals surface area contributed by atoms with Gasteiger partial charge in [-0.25, -0.2) is 17.6 Å². The first-order valence-corrected chi connectivity index (χ1v) is 7.93. The van der Waals surface area contributed by atoms with Gasteiger partial charge in [0.15, 0.2) is 23.3 Å². The third-order valence-corrected chi connectivity index (χ3v) is 3.82. The van der Waals surface area contributed by atoms with Gasteiger partial charge >= 0.3 is 0 Å². The van der Waals surface area contributed by atoms with E-state index in [1.54, 1.807) is 6.92 Å². The van der Waals surface area contributed by atoms with Crippen LogP contribution in [-0.4, -0.2) is 5.91 Å². The summed E-state index contributed by atoms with van der Waals surface area (Å²) in [7, 11) is 0. The number of rotatable bonds is 5. The molecule has 2 aromatic carbocycles. The van der Waals surface area contributed by atoms with Crippen molar-refractivity contribution in [2.75, 3.05) is 0 Å². The van der Waals surface area contributed by atoms with E-state index >= 15 is 0 Å². The van der Waals surface area contributed by atoms with Crippen LogP contribution in [0.1, 0.15) is 48.3 Å². The quantitative estimate of drug-likeness (QED) is 0.461. The van der Waals surface area contributed by atoms with E-state index in [-0.39, 0.29) is 0 Å². The molecule has 0 aliphatic rings. The van der Waals surface area contributed by atoms with Crippen molar-refractivity contribution in [3.63, 3.8) is 0 Å². The standard InChI is InChI=1S/C19H19F4NO/c1-10(2)8-12-4-6-13(7-5-12)11(3)24-19(25)14-9-15(20)17(22)18(23)16(14)21/h4-7,9-11H,8H2,1-3H3,(H,24,25)/t11-/m0/s1. The lowest BCUT2D eigenvalue weighted by atomic mass is 10.00. The van der Waals surface area contributed by atoms with E-state index in [9.17, 15) is 22.4 Å². The van der Waals surface area contributed by atoms with Crippen molar-refractivity contribution in [2.24, 2.45) is 5.92 Å². The zero-order valence-corrected chi connectivity index (χ0v) is 14.2. The summed E-state index contributed by atoms with van der Waals surface area (Å²) in [5.41, 5.74) is 1.02. The number of benzene rings is 2. The molecule has 0 radical (unpaired) electrons. The van der Waals surface area contributed by atoms with Crippen LogP contribution in [0.25, 0.3) is 0 Å². The minimum absolute atomic E-state index is 0.349. The van der Waals surface area contributed by atoms with Gasteiger partial charge in [-0.05, 0) is 36.5 Å². The molecule has 0 unspecified atom stereocenters. The predicted octanol–water partition coefficient (Wildman–Crippen LogP) is 4.93. The fraction of sp³-hybridized carbons (Fsp3) is 0.316. The number of carbonyl (C=O) groups excluding carboxylic acids is 1. The van der Waals surface area contributed by atoms with E-state index in [1.807, 2.05) is 24.3 Å². The Morgan fingerprint density at radius 3 is 2.12 bits per heavy atom. The summed E-state index contributed by atoms with van der Waals surface area (Å²) in [6, 6.07) is 7.33. The van der Waals surface area contributed by atoms with E-state index in [0.29, 0.717) is 12.0 Å². The number of carbonyl (C=O) groups is 1. The number of nitrogens with one attached hydrogen (secondary N) is 1. The van der Waals surface area contributed by atoms with E-state index in [4.69, 9.17) is 0 Å². The number of hydrogen-bond acceptors (Lipinski definition) is 1. The maximum Gasteiger partial charge on any atom is 0.254 e. The van der Waals surface area contributed by atoms with Crippen molar-refractivity contribution in [1.29, 1.82) is 0 Å². The fourth-order valence-electron chi connectivity index (χ4n) is 2.51. The van der Waals surface area contributed by atoms with Gasteiger partial charge in [-0.2, -0.15) is 0 Å². The van der Waals surface area contributed by atoms with Crippen molar-refractivity contribution < 1.29 is 22.4 Å². The van der Waals surface area contributed by atoms with Gasteiger partial charge in [0.1, 0.15) is 0 Å². The molecule has 1 atom stereocenters. The first-order valence-electron chi connectivity index (χ1n) is 7.93. The highest BCUT2D eigenvalue weighted by Crippen LogP contribution is 2.20. The smallest absolute Gasteiger partial charge is 0.254 e. The second-order valence-electron chi connectivity index (χ2n) is 6.38. The van der Waals surface area contributed by atoms with Gasteiger partial charge < -0.3 is 5.32 Å². The van der Waals surface area contributed by atoms with Crippen LogP contribution in [0.3, 0.4) is 0 Å². The average Bonchev–Trinajstić information content (AvgIpc) is 2.56. The molecule has 0 fully saturated rings. The average molecular weight is 353 g/mol. The van der Waals surface area contributed by atoms with Crippen LogP contribution in [0, 0.1) is 29.2 Å². The van der Waals surface area contributed by atoms with Crippen molar-refractivity contribution in [1.82, 2.24) is 5.32 Å². The highest BCUT2D eigenvalue weighted by atomic mass is 19.2. The van der Waals surface area contributed by atoms with Crippen LogP contribution < -0.4 is 5.32 Å². The summed E-state index contributed by atoms with van der Waals surface area (Å²) in [5.74, 6) is -7.78. The molecule has 0 saturated heterocycles. The van der Waals surface area contributed by atoms with Gasteiger partial charge in [0.2, 0.25) is 0 Å². The molecular formula is C19H19F4NO. The molecule has 1 N–H and O–H groups in total. The Labute approximate surface area is 143 Å². The molecule has 2 rings (SSSR count). The minimum Gasteiger partial charge on any atom is -0.345 e. The largest absolute Gasteiger partial charge is 0.345 e. The predicted molar refractivity (Wildman–Crippen MR) is 87.1 cm³/mol. The molecule has 1 amide bonds. The third-order valence-electron chi connectivity index (χ3n) is 3.82. The number of hydrogen-bond donors (Lipinski definition) is 1. The van der Waals surface area contributed by atoms with Crippen LogP contribution in [0.2, 0.25) is 0 Å². The maximum atomic E-state index is 13.7. The summed E-state index contributed by atoms with van der Waals surface area (Å²) in [4.78, 5) is 12.1. The summed E-state index contributed by atoms with van der Waals surface area (Å²) in [5, 5.41) is 2.45. The van der Waals surface area contributed by atoms with Crippen LogP contribution >= 0.6 is 0 Å². The van der Waals surface area contributed by atoms with E-state index in [1.165, 1.54) is 0 Å². The Morgan fingerprint density at radius 2 is 1.56 bits per heavy atom. The van der Waals surface area contributed by atoms with E-state index in [0.717, 1.165) is 17.5 Å². The molecule has 134 valence electrons. The van der Waals surface area contributed by atoms with Gasteiger partial charge in [-0.15, -0.1) is 0 Å². The van der Waals surface area contributed by atoms with E-state index < -0.39 is 40.8 Å². The molecule has 2 aromatic rings. The normalized spacial score (nSPS) is 12.3. The highest BCUT2D eigenvalue weighted by molar-refractivity contribution is 5.94. The molecule has 0 aliphatic carbocycles. The number of halogens is 4. The highest BCUT2D eigenvalue weighted by Gasteiger charge is 2.24. The topological polar surface area (TPSA) is 29.1 Å². The van der Waals surface area contributed by atoms with Crippen LogP contribution in [-0.2, 0) is 6.42 Å². The van der Waals surface area contributed by atoms with Crippen LogP contribution in [0.4, 0.5) is 17.6 Å². The van der Waals surface area contributed by atoms with Crippen molar-refractivity contribution in [2.45, 2.75) is 33.2 Å². The van der Waals surface area contributed by atoms with Gasteiger partial charge in [0.25, 0.3) is 5.91 Å². The molecule has 0 bridgehead atoms. The maximum absolute atomic E-state index is 13.7. The lowest BCUT2D eigenvalue weighted by Gasteiger charge is -2.16. The first-order chi connectivity index (χ1) is 11.7. The van der Waals surface area contributed by atoms with Crippen LogP contribution in [0.15, 0.2) is 30.3 Å². The van der Waals surface area contributed by atoms with Crippen molar-refractivity contribution in [3.05, 3.63) is 70.3 Å². The Morgan fingerprint density at radius 1 is 0.960 bits per heavy atom. The van der Waals surface area contributed by atoms with Gasteiger partial charge in [-0.1, -0.05) is 38.1 Å². The number of amides is 1. The molecule has 0 aliphatic heterocycles. The minimum atomic E-state index is -2.00. The fourth-order valence-corrected chi connectivity index (χ4v) is 2.51. The Bertz CT molecular complexity index is 772. The molecule has 0 heterocycles. The molecule has 25 heavy (non-hydrogen) atoms. The summed E-state index contributed by atoms with van der Waals surface area (Å²) >= 11 is 0. The third kappa shape index (κ3) is 4.38. The molecule has 0 aromatic heterocycles. The SMILES string of the molecule is CC(C)Cc1ccc([C@H](C)NC(=O)c2cc(F)c(F)c(F)c2F)cc1. The zero-order chi connectivity index (χ0) is 18.7. The molecule has 0 spiro atoms. The lowest BCUT2D eigenvalue weighted by molar-refractivity contribution is 0.0933.